The largest absolute Gasteiger partial charge is 0.453 e. The minimum atomic E-state index is 0.200. The molecular weight excluding hydrogens is 188 g/mol. The van der Waals surface area contributed by atoms with E-state index in [1.54, 1.807) is 12.4 Å². The number of nitrogens with zero attached hydrogens (tertiary/aromatic N) is 2. The summed E-state index contributed by atoms with van der Waals surface area (Å²) >= 11 is 0. The van der Waals surface area contributed by atoms with Crippen LogP contribution in [0.2, 0.25) is 0 Å². The molecule has 0 saturated carbocycles. The molecule has 1 aliphatic heterocycles. The van der Waals surface area contributed by atoms with E-state index in [2.05, 4.69) is 9.98 Å². The Kier molecular flexibility index (Phi) is 1.71. The zero-order valence-electron chi connectivity index (χ0n) is 8.34. The first kappa shape index (κ1) is 8.41. The van der Waals surface area contributed by atoms with Crippen LogP contribution in [0.25, 0.3) is 17.2 Å². The Labute approximate surface area is 87.2 Å². The molecule has 0 N–H and O–H groups in total. The van der Waals surface area contributed by atoms with Gasteiger partial charge in [0.1, 0.15) is 5.52 Å². The summed E-state index contributed by atoms with van der Waals surface area (Å²) in [6.07, 6.45) is 7.64. The summed E-state index contributed by atoms with van der Waals surface area (Å²) in [6.45, 7) is 2.04. The molecule has 0 fully saturated rings. The number of fused-ring (bicyclic) bond motifs is 3. The SMILES string of the molecule is C[C@@H]1C=Cc2c(oc3cccnc23)C=N1. The molecule has 74 valence electrons. The van der Waals surface area contributed by atoms with Crippen LogP contribution in [0.5, 0.6) is 0 Å². The van der Waals surface area contributed by atoms with E-state index < -0.39 is 0 Å². The smallest absolute Gasteiger partial charge is 0.154 e. The molecule has 0 spiro atoms. The lowest BCUT2D eigenvalue weighted by atomic mass is 10.2. The van der Waals surface area contributed by atoms with E-state index in [4.69, 9.17) is 4.42 Å². The Hall–Kier alpha value is -1.90. The topological polar surface area (TPSA) is 38.4 Å². The molecule has 0 unspecified atom stereocenters. The number of aliphatic imine (C=N–C) groups is 1. The third-order valence-electron chi connectivity index (χ3n) is 2.48. The highest BCUT2D eigenvalue weighted by molar-refractivity contribution is 5.95. The van der Waals surface area contributed by atoms with Gasteiger partial charge in [-0.3, -0.25) is 9.98 Å². The minimum absolute atomic E-state index is 0.200. The Morgan fingerprint density at radius 2 is 2.33 bits per heavy atom. The second kappa shape index (κ2) is 3.05. The third kappa shape index (κ3) is 1.28. The second-order valence-corrected chi connectivity index (χ2v) is 3.61. The maximum Gasteiger partial charge on any atom is 0.154 e. The highest BCUT2D eigenvalue weighted by Crippen LogP contribution is 2.25. The van der Waals surface area contributed by atoms with Gasteiger partial charge in [0.05, 0.1) is 12.3 Å². The van der Waals surface area contributed by atoms with Crippen molar-refractivity contribution in [3.8, 4) is 0 Å². The summed E-state index contributed by atoms with van der Waals surface area (Å²) in [4.78, 5) is 8.64. The summed E-state index contributed by atoms with van der Waals surface area (Å²) in [6, 6.07) is 3.99. The van der Waals surface area contributed by atoms with Gasteiger partial charge >= 0.3 is 0 Å². The lowest BCUT2D eigenvalue weighted by Gasteiger charge is -1.92. The molecule has 0 radical (unpaired) electrons. The van der Waals surface area contributed by atoms with Crippen molar-refractivity contribution in [2.75, 3.05) is 0 Å². The molecule has 2 aromatic rings. The Bertz CT molecular complexity index is 566. The van der Waals surface area contributed by atoms with Gasteiger partial charge in [0.15, 0.2) is 11.3 Å². The van der Waals surface area contributed by atoms with Crippen molar-refractivity contribution < 1.29 is 4.42 Å². The molecule has 0 aliphatic carbocycles. The monoisotopic (exact) mass is 198 g/mol. The van der Waals surface area contributed by atoms with E-state index in [1.165, 1.54) is 0 Å². The molecule has 3 heteroatoms. The van der Waals surface area contributed by atoms with Gasteiger partial charge in [0.25, 0.3) is 0 Å². The van der Waals surface area contributed by atoms with Crippen molar-refractivity contribution in [2.45, 2.75) is 13.0 Å². The summed E-state index contributed by atoms with van der Waals surface area (Å²) < 4.78 is 5.66. The van der Waals surface area contributed by atoms with E-state index in [1.807, 2.05) is 31.2 Å². The molecule has 1 aliphatic rings. The molecule has 3 rings (SSSR count). The Morgan fingerprint density at radius 3 is 3.27 bits per heavy atom. The van der Waals surface area contributed by atoms with Gasteiger partial charge in [0.2, 0.25) is 0 Å². The van der Waals surface area contributed by atoms with Crippen LogP contribution in [0, 0.1) is 0 Å². The highest BCUT2D eigenvalue weighted by atomic mass is 16.3. The molecule has 0 amide bonds. The predicted octanol–water partition coefficient (Wildman–Crippen LogP) is 2.66. The van der Waals surface area contributed by atoms with Crippen molar-refractivity contribution in [3.05, 3.63) is 35.7 Å². The van der Waals surface area contributed by atoms with Crippen LogP contribution >= 0.6 is 0 Å². The van der Waals surface area contributed by atoms with Crippen LogP contribution in [0.1, 0.15) is 18.2 Å². The van der Waals surface area contributed by atoms with Gasteiger partial charge in [-0.25, -0.2) is 0 Å². The standard InChI is InChI=1S/C12H10N2O/c1-8-4-5-9-11(7-14-8)15-10-3-2-6-13-12(9)10/h2-8H,1H3/t8-/m1/s1. The minimum Gasteiger partial charge on any atom is -0.453 e. The predicted molar refractivity (Wildman–Crippen MR) is 60.1 cm³/mol. The summed E-state index contributed by atoms with van der Waals surface area (Å²) in [5.41, 5.74) is 2.75. The summed E-state index contributed by atoms with van der Waals surface area (Å²) in [5.74, 6) is 0.796. The van der Waals surface area contributed by atoms with Gasteiger partial charge in [-0.15, -0.1) is 0 Å². The maximum absolute atomic E-state index is 5.66. The zero-order chi connectivity index (χ0) is 10.3. The van der Waals surface area contributed by atoms with Crippen molar-refractivity contribution >= 4 is 23.4 Å². The molecule has 0 saturated heterocycles. The number of furan rings is 1. The molecular formula is C12H10N2O. The van der Waals surface area contributed by atoms with E-state index in [0.717, 1.165) is 22.4 Å². The van der Waals surface area contributed by atoms with E-state index in [9.17, 15) is 0 Å². The van der Waals surface area contributed by atoms with Crippen LogP contribution in [0.3, 0.4) is 0 Å². The van der Waals surface area contributed by atoms with Crippen molar-refractivity contribution in [1.29, 1.82) is 0 Å². The molecule has 3 nitrogen and oxygen atoms in total. The fourth-order valence-electron chi connectivity index (χ4n) is 1.69. The molecule has 1 atom stereocenters. The van der Waals surface area contributed by atoms with Gasteiger partial charge in [-0.2, -0.15) is 0 Å². The lowest BCUT2D eigenvalue weighted by molar-refractivity contribution is 0.606. The molecule has 0 bridgehead atoms. The highest BCUT2D eigenvalue weighted by Gasteiger charge is 2.13. The average molecular weight is 198 g/mol. The van der Waals surface area contributed by atoms with Crippen LogP contribution < -0.4 is 0 Å². The quantitative estimate of drug-likeness (QED) is 0.652. The van der Waals surface area contributed by atoms with Gasteiger partial charge in [-0.1, -0.05) is 12.2 Å². The van der Waals surface area contributed by atoms with Gasteiger partial charge < -0.3 is 4.42 Å². The number of hydrogen-bond acceptors (Lipinski definition) is 3. The Morgan fingerprint density at radius 1 is 1.40 bits per heavy atom. The first-order valence-corrected chi connectivity index (χ1v) is 4.93. The van der Waals surface area contributed by atoms with Crippen molar-refractivity contribution in [3.63, 3.8) is 0 Å². The summed E-state index contributed by atoms with van der Waals surface area (Å²) in [7, 11) is 0. The summed E-state index contributed by atoms with van der Waals surface area (Å²) in [5, 5.41) is 0. The fraction of sp³-hybridized carbons (Fsp3) is 0.167. The van der Waals surface area contributed by atoms with E-state index in [-0.39, 0.29) is 6.04 Å². The van der Waals surface area contributed by atoms with E-state index >= 15 is 0 Å². The number of aromatic nitrogens is 1. The third-order valence-corrected chi connectivity index (χ3v) is 2.48. The first-order valence-electron chi connectivity index (χ1n) is 4.93. The molecule has 2 aromatic heterocycles. The second-order valence-electron chi connectivity index (χ2n) is 3.61. The lowest BCUT2D eigenvalue weighted by Crippen LogP contribution is -1.89. The van der Waals surface area contributed by atoms with Gasteiger partial charge in [0, 0.05) is 11.8 Å². The molecule has 0 aromatic carbocycles. The number of pyridine rings is 1. The maximum atomic E-state index is 5.66. The zero-order valence-corrected chi connectivity index (χ0v) is 8.34. The van der Waals surface area contributed by atoms with Crippen molar-refractivity contribution in [1.82, 2.24) is 4.98 Å². The van der Waals surface area contributed by atoms with Crippen LogP contribution in [0.4, 0.5) is 0 Å². The Balaban J connectivity index is 2.33. The van der Waals surface area contributed by atoms with Gasteiger partial charge in [-0.05, 0) is 19.1 Å². The normalized spacial score (nSPS) is 19.1. The van der Waals surface area contributed by atoms with Crippen LogP contribution in [0.15, 0.2) is 33.8 Å². The van der Waals surface area contributed by atoms with Crippen molar-refractivity contribution in [2.24, 2.45) is 4.99 Å². The fourth-order valence-corrected chi connectivity index (χ4v) is 1.69. The van der Waals surface area contributed by atoms with Crippen LogP contribution in [-0.2, 0) is 0 Å². The average Bonchev–Trinajstić information content (AvgIpc) is 2.51. The molecule has 15 heavy (non-hydrogen) atoms. The number of rotatable bonds is 0. The first-order chi connectivity index (χ1) is 7.34. The molecule has 3 heterocycles. The van der Waals surface area contributed by atoms with E-state index in [0.29, 0.717) is 0 Å². The number of hydrogen-bond donors (Lipinski definition) is 0. The van der Waals surface area contributed by atoms with Crippen LogP contribution in [-0.4, -0.2) is 17.2 Å².